The summed E-state index contributed by atoms with van der Waals surface area (Å²) >= 11 is 0. The molecule has 3 N–H and O–H groups in total. The van der Waals surface area contributed by atoms with Gasteiger partial charge in [-0.2, -0.15) is 0 Å². The fourth-order valence-corrected chi connectivity index (χ4v) is 8.02. The highest BCUT2D eigenvalue weighted by atomic mass is 31.2. The highest BCUT2D eigenvalue weighted by molar-refractivity contribution is 7.47. The number of hydrogen-bond donors (Lipinski definition) is 3. The highest BCUT2D eigenvalue weighted by Gasteiger charge is 2.26. The van der Waals surface area contributed by atoms with E-state index in [1.165, 1.54) is 186 Å². The molecule has 0 fully saturated rings. The van der Waals surface area contributed by atoms with E-state index >= 15 is 0 Å². The van der Waals surface area contributed by atoms with Crippen LogP contribution >= 0.6 is 7.82 Å². The van der Waals surface area contributed by atoms with Crippen molar-refractivity contribution in [2.75, 3.05) is 33.0 Å². The summed E-state index contributed by atoms with van der Waals surface area (Å²) in [6.45, 7) is 3.55. The van der Waals surface area contributed by atoms with Crippen molar-refractivity contribution in [1.29, 1.82) is 0 Å². The second-order valence-corrected chi connectivity index (χ2v) is 18.6. The second-order valence-electron chi connectivity index (χ2n) is 17.2. The quantitative estimate of drug-likeness (QED) is 0.0237. The van der Waals surface area contributed by atoms with Gasteiger partial charge < -0.3 is 24.6 Å². The SMILES string of the molecule is CCCCCCCC/C=C\CCCCCCCCCCCCOCC(COP(=O)(O)OCC(O)CO)OC(=O)CCCCCCCCCCC/C=C\CCCCCCCC. The first-order chi connectivity index (χ1) is 29.3. The van der Waals surface area contributed by atoms with Gasteiger partial charge in [0.25, 0.3) is 0 Å². The maximum absolute atomic E-state index is 12.7. The Hall–Kier alpha value is -1.06. The van der Waals surface area contributed by atoms with E-state index in [0.717, 1.165) is 38.5 Å². The van der Waals surface area contributed by atoms with Crippen molar-refractivity contribution < 1.29 is 43.0 Å². The second kappa shape index (κ2) is 47.4. The van der Waals surface area contributed by atoms with Crippen molar-refractivity contribution in [1.82, 2.24) is 0 Å². The topological polar surface area (TPSA) is 132 Å². The summed E-state index contributed by atoms with van der Waals surface area (Å²) in [5.41, 5.74) is 0. The lowest BCUT2D eigenvalue weighted by Gasteiger charge is -2.20. The molecular weight excluding hydrogens is 776 g/mol. The maximum Gasteiger partial charge on any atom is 0.472 e. The molecule has 3 atom stereocenters. The van der Waals surface area contributed by atoms with Crippen molar-refractivity contribution in [3.63, 3.8) is 0 Å². The van der Waals surface area contributed by atoms with E-state index in [1.807, 2.05) is 0 Å². The number of rotatable bonds is 49. The van der Waals surface area contributed by atoms with E-state index in [4.69, 9.17) is 23.6 Å². The largest absolute Gasteiger partial charge is 0.472 e. The van der Waals surface area contributed by atoms with Crippen molar-refractivity contribution in [2.24, 2.45) is 0 Å². The first-order valence-electron chi connectivity index (χ1n) is 25.3. The third kappa shape index (κ3) is 46.4. The third-order valence-corrected chi connectivity index (χ3v) is 12.1. The van der Waals surface area contributed by atoms with Crippen LogP contribution in [0.2, 0.25) is 0 Å². The molecule has 0 heterocycles. The molecular formula is C50H97O9P. The van der Waals surface area contributed by atoms with Crippen LogP contribution in [-0.4, -0.2) is 66.3 Å². The Balaban J connectivity index is 4.07. The average molecular weight is 873 g/mol. The molecule has 0 amide bonds. The minimum absolute atomic E-state index is 0.0510. The summed E-state index contributed by atoms with van der Waals surface area (Å²) in [6, 6.07) is 0. The van der Waals surface area contributed by atoms with Gasteiger partial charge in [0.1, 0.15) is 12.2 Å². The minimum atomic E-state index is -4.52. The number of aliphatic hydroxyl groups is 2. The minimum Gasteiger partial charge on any atom is -0.457 e. The fraction of sp³-hybridized carbons (Fsp3) is 0.900. The average Bonchev–Trinajstić information content (AvgIpc) is 3.24. The van der Waals surface area contributed by atoms with Gasteiger partial charge in [-0.3, -0.25) is 13.8 Å². The van der Waals surface area contributed by atoms with Gasteiger partial charge in [0, 0.05) is 13.0 Å². The number of phosphoric ester groups is 1. The molecule has 0 bridgehead atoms. The zero-order valence-corrected chi connectivity index (χ0v) is 40.1. The molecule has 10 heteroatoms. The van der Waals surface area contributed by atoms with Crippen LogP contribution in [-0.2, 0) is 27.9 Å². The number of unbranched alkanes of at least 4 members (excludes halogenated alkanes) is 31. The monoisotopic (exact) mass is 873 g/mol. The molecule has 0 rings (SSSR count). The van der Waals surface area contributed by atoms with Crippen LogP contribution in [0, 0.1) is 0 Å². The van der Waals surface area contributed by atoms with Gasteiger partial charge in [-0.25, -0.2) is 4.57 Å². The molecule has 60 heavy (non-hydrogen) atoms. The molecule has 0 spiro atoms. The van der Waals surface area contributed by atoms with Crippen molar-refractivity contribution in [3.8, 4) is 0 Å². The molecule has 0 saturated heterocycles. The Bertz CT molecular complexity index is 991. The molecule has 9 nitrogen and oxygen atoms in total. The number of carbonyl (C=O) groups excluding carboxylic acids is 1. The van der Waals surface area contributed by atoms with Crippen LogP contribution in [0.5, 0.6) is 0 Å². The van der Waals surface area contributed by atoms with Gasteiger partial charge in [-0.1, -0.05) is 199 Å². The van der Waals surface area contributed by atoms with Gasteiger partial charge in [-0.05, 0) is 64.2 Å². The Morgan fingerprint density at radius 1 is 0.500 bits per heavy atom. The Morgan fingerprint density at radius 2 is 0.850 bits per heavy atom. The molecule has 0 saturated carbocycles. The smallest absolute Gasteiger partial charge is 0.457 e. The van der Waals surface area contributed by atoms with Gasteiger partial charge >= 0.3 is 13.8 Å². The van der Waals surface area contributed by atoms with Crippen LogP contribution in [0.3, 0.4) is 0 Å². The van der Waals surface area contributed by atoms with E-state index < -0.39 is 33.2 Å². The zero-order chi connectivity index (χ0) is 43.9. The number of hydrogen-bond acceptors (Lipinski definition) is 8. The number of ether oxygens (including phenoxy) is 2. The summed E-state index contributed by atoms with van der Waals surface area (Å²) in [5, 5.41) is 18.4. The van der Waals surface area contributed by atoms with Crippen LogP contribution < -0.4 is 0 Å². The number of esters is 1. The highest BCUT2D eigenvalue weighted by Crippen LogP contribution is 2.43. The lowest BCUT2D eigenvalue weighted by Crippen LogP contribution is -2.29. The van der Waals surface area contributed by atoms with E-state index in [2.05, 4.69) is 38.2 Å². The molecule has 0 aromatic carbocycles. The third-order valence-electron chi connectivity index (χ3n) is 11.1. The summed E-state index contributed by atoms with van der Waals surface area (Å²) in [6.07, 6.45) is 51.4. The van der Waals surface area contributed by atoms with E-state index in [1.54, 1.807) is 0 Å². The molecule has 0 aliphatic carbocycles. The number of aliphatic hydroxyl groups excluding tert-OH is 2. The Morgan fingerprint density at radius 3 is 1.25 bits per heavy atom. The van der Waals surface area contributed by atoms with Crippen LogP contribution in [0.1, 0.15) is 245 Å². The van der Waals surface area contributed by atoms with E-state index in [9.17, 15) is 19.4 Å². The predicted octanol–water partition coefficient (Wildman–Crippen LogP) is 14.6. The summed E-state index contributed by atoms with van der Waals surface area (Å²) in [4.78, 5) is 22.7. The molecule has 0 aliphatic rings. The Kier molecular flexibility index (Phi) is 46.6. The molecule has 0 aromatic heterocycles. The van der Waals surface area contributed by atoms with Gasteiger partial charge in [0.2, 0.25) is 0 Å². The van der Waals surface area contributed by atoms with E-state index in [0.29, 0.717) is 6.61 Å². The molecule has 0 aromatic rings. The van der Waals surface area contributed by atoms with Crippen LogP contribution in [0.15, 0.2) is 24.3 Å². The predicted molar refractivity (Wildman–Crippen MR) is 251 cm³/mol. The van der Waals surface area contributed by atoms with Gasteiger partial charge in [-0.15, -0.1) is 0 Å². The van der Waals surface area contributed by atoms with Crippen LogP contribution in [0.4, 0.5) is 0 Å². The van der Waals surface area contributed by atoms with Gasteiger partial charge in [0.15, 0.2) is 0 Å². The molecule has 0 aliphatic heterocycles. The lowest BCUT2D eigenvalue weighted by atomic mass is 10.1. The first kappa shape index (κ1) is 58.9. The normalized spacial score (nSPS) is 14.0. The first-order valence-corrected chi connectivity index (χ1v) is 26.8. The number of phosphoric acid groups is 1. The lowest BCUT2D eigenvalue weighted by molar-refractivity contribution is -0.154. The Labute approximate surface area is 370 Å². The maximum atomic E-state index is 12.7. The number of carbonyl (C=O) groups is 1. The summed E-state index contributed by atoms with van der Waals surface area (Å²) in [5.74, 6) is -0.381. The standard InChI is InChI=1S/C50H97O9P/c1-3-5-7-9-11-13-15-17-19-21-23-25-27-29-31-33-35-37-39-41-43-56-46-49(47-58-60(54,55)57-45-48(52)44-51)59-50(53)42-40-38-36-34-32-30-28-26-24-22-20-18-16-14-12-10-8-6-4-2/h17-20,48-49,51-52H,3-16,21-47H2,1-2H3,(H,54,55)/b19-17-,20-18-. The van der Waals surface area contributed by atoms with Crippen LogP contribution in [0.25, 0.3) is 0 Å². The van der Waals surface area contributed by atoms with Crippen molar-refractivity contribution in [3.05, 3.63) is 24.3 Å². The van der Waals surface area contributed by atoms with Crippen molar-refractivity contribution in [2.45, 2.75) is 257 Å². The zero-order valence-electron chi connectivity index (χ0n) is 39.2. The fourth-order valence-electron chi connectivity index (χ4n) is 7.23. The van der Waals surface area contributed by atoms with Crippen molar-refractivity contribution >= 4 is 13.8 Å². The molecule has 356 valence electrons. The molecule has 0 radical (unpaired) electrons. The van der Waals surface area contributed by atoms with E-state index in [-0.39, 0.29) is 25.6 Å². The molecule has 3 unspecified atom stereocenters. The number of allylic oxidation sites excluding steroid dienone is 4. The summed E-state index contributed by atoms with van der Waals surface area (Å²) in [7, 11) is -4.52. The summed E-state index contributed by atoms with van der Waals surface area (Å²) < 4.78 is 33.5. The van der Waals surface area contributed by atoms with Gasteiger partial charge in [0.05, 0.1) is 26.4 Å².